The van der Waals surface area contributed by atoms with Crippen LogP contribution in [-0.2, 0) is 19.3 Å². The molecule has 0 aliphatic carbocycles. The van der Waals surface area contributed by atoms with Crippen LogP contribution in [-0.4, -0.2) is 25.7 Å². The summed E-state index contributed by atoms with van der Waals surface area (Å²) in [6, 6.07) is 11.7. The van der Waals surface area contributed by atoms with Crippen LogP contribution in [0, 0.1) is 11.8 Å². The molecule has 0 unspecified atom stereocenters. The highest BCUT2D eigenvalue weighted by Crippen LogP contribution is 2.29. The van der Waals surface area contributed by atoms with Gasteiger partial charge < -0.3 is 9.72 Å². The molecule has 0 spiro atoms. The average molecular weight is 511 g/mol. The minimum absolute atomic E-state index is 0.0441. The number of rotatable bonds is 7. The van der Waals surface area contributed by atoms with E-state index in [2.05, 4.69) is 21.8 Å². The molecule has 2 heterocycles. The first-order chi connectivity index (χ1) is 17.7. The normalized spacial score (nSPS) is 11.4. The fourth-order valence-corrected chi connectivity index (χ4v) is 3.91. The van der Waals surface area contributed by atoms with Gasteiger partial charge >= 0.3 is 11.9 Å². The van der Waals surface area contributed by atoms with Crippen molar-refractivity contribution >= 4 is 11.2 Å². The lowest BCUT2D eigenvalue weighted by atomic mass is 10.1. The van der Waals surface area contributed by atoms with Crippen LogP contribution in [0.1, 0.15) is 37.8 Å². The number of H-pyrrole nitrogens is 1. The lowest BCUT2D eigenvalue weighted by Crippen LogP contribution is -2.40. The maximum Gasteiger partial charge on any atom is 0.416 e. The Labute approximate surface area is 210 Å². The molecule has 0 saturated heterocycles. The third-order valence-electron chi connectivity index (χ3n) is 5.60. The second-order valence-electron chi connectivity index (χ2n) is 8.37. The largest absolute Gasteiger partial charge is 0.481 e. The van der Waals surface area contributed by atoms with Gasteiger partial charge in [0.05, 0.1) is 5.56 Å². The first-order valence-electron chi connectivity index (χ1n) is 11.9. The highest BCUT2D eigenvalue weighted by molar-refractivity contribution is 5.75. The van der Waals surface area contributed by atoms with Gasteiger partial charge in [0.2, 0.25) is 0 Å². The monoisotopic (exact) mass is 510 g/mol. The molecular formula is C27H25F3N4O3. The van der Waals surface area contributed by atoms with E-state index in [1.807, 2.05) is 13.8 Å². The molecule has 0 fully saturated rings. The number of nitrogens with one attached hydrogen (secondary N) is 1. The lowest BCUT2D eigenvalue weighted by molar-refractivity contribution is -0.137. The minimum Gasteiger partial charge on any atom is -0.481 e. The van der Waals surface area contributed by atoms with Crippen molar-refractivity contribution in [3.05, 3.63) is 80.5 Å². The number of ether oxygens (including phenoxy) is 1. The van der Waals surface area contributed by atoms with E-state index in [0.29, 0.717) is 48.7 Å². The first-order valence-corrected chi connectivity index (χ1v) is 11.9. The minimum atomic E-state index is -4.43. The van der Waals surface area contributed by atoms with Crippen molar-refractivity contribution < 1.29 is 17.9 Å². The zero-order valence-electron chi connectivity index (χ0n) is 20.4. The summed E-state index contributed by atoms with van der Waals surface area (Å²) < 4.78 is 47.0. The molecule has 37 heavy (non-hydrogen) atoms. The average Bonchev–Trinajstić information content (AvgIpc) is 3.33. The van der Waals surface area contributed by atoms with Crippen molar-refractivity contribution in [1.82, 2.24) is 19.1 Å². The Morgan fingerprint density at radius 3 is 2.46 bits per heavy atom. The molecule has 0 aliphatic rings. The van der Waals surface area contributed by atoms with E-state index in [0.717, 1.165) is 12.1 Å². The number of benzene rings is 2. The number of nitrogens with zero attached hydrogens (tertiary/aromatic N) is 3. The SMILES string of the molecule is CCCn1c(=O)c2[nH]c(-c3cccc(OCC#Cc4cccc(C(F)(F)F)c4)c3)nc2n(CCC)c1=O. The number of aryl methyl sites for hydroxylation is 1. The van der Waals surface area contributed by atoms with Gasteiger partial charge in [0.1, 0.15) is 23.7 Å². The number of hydrogen-bond donors (Lipinski definition) is 1. The van der Waals surface area contributed by atoms with Crippen molar-refractivity contribution in [1.29, 1.82) is 0 Å². The van der Waals surface area contributed by atoms with Gasteiger partial charge in [-0.15, -0.1) is 0 Å². The van der Waals surface area contributed by atoms with Gasteiger partial charge in [0.15, 0.2) is 5.65 Å². The van der Waals surface area contributed by atoms with Crippen LogP contribution in [0.15, 0.2) is 58.1 Å². The van der Waals surface area contributed by atoms with E-state index in [1.54, 1.807) is 24.3 Å². The number of alkyl halides is 3. The summed E-state index contributed by atoms with van der Waals surface area (Å²) in [7, 11) is 0. The molecule has 0 radical (unpaired) electrons. The fraction of sp³-hybridized carbons (Fsp3) is 0.296. The van der Waals surface area contributed by atoms with Gasteiger partial charge in [-0.1, -0.05) is 43.9 Å². The molecule has 0 amide bonds. The highest BCUT2D eigenvalue weighted by Gasteiger charge is 2.30. The van der Waals surface area contributed by atoms with Gasteiger partial charge in [-0.2, -0.15) is 13.2 Å². The predicted molar refractivity (Wildman–Crippen MR) is 134 cm³/mol. The van der Waals surface area contributed by atoms with Gasteiger partial charge in [0.25, 0.3) is 5.56 Å². The second-order valence-corrected chi connectivity index (χ2v) is 8.37. The van der Waals surface area contributed by atoms with E-state index >= 15 is 0 Å². The molecule has 1 N–H and O–H groups in total. The Bertz CT molecular complexity index is 1600. The summed E-state index contributed by atoms with van der Waals surface area (Å²) in [5, 5.41) is 0. The zero-order chi connectivity index (χ0) is 26.6. The Kier molecular flexibility index (Phi) is 7.53. The van der Waals surface area contributed by atoms with E-state index in [1.165, 1.54) is 21.3 Å². The molecule has 0 saturated carbocycles. The molecular weight excluding hydrogens is 485 g/mol. The van der Waals surface area contributed by atoms with E-state index in [4.69, 9.17) is 4.74 Å². The van der Waals surface area contributed by atoms with Crippen LogP contribution in [0.5, 0.6) is 5.75 Å². The smallest absolute Gasteiger partial charge is 0.416 e. The van der Waals surface area contributed by atoms with Crippen molar-refractivity contribution in [2.45, 2.75) is 46.0 Å². The molecule has 0 aliphatic heterocycles. The van der Waals surface area contributed by atoms with Crippen LogP contribution >= 0.6 is 0 Å². The van der Waals surface area contributed by atoms with Crippen LogP contribution in [0.25, 0.3) is 22.6 Å². The standard InChI is InChI=1S/C27H25F3N4O3/c1-3-13-33-24-22(25(35)34(14-4-2)26(33)36)31-23(32-24)19-10-6-12-21(17-19)37-15-7-9-18-8-5-11-20(16-18)27(28,29)30/h5-6,8,10-12,16-17H,3-4,13-15H2,1-2H3,(H,31,32). The number of fused-ring (bicyclic) bond motifs is 1. The van der Waals surface area contributed by atoms with Crippen molar-refractivity contribution in [2.75, 3.05) is 6.61 Å². The first kappa shape index (κ1) is 25.8. The topological polar surface area (TPSA) is 81.9 Å². The number of aromatic nitrogens is 4. The summed E-state index contributed by atoms with van der Waals surface area (Å²) in [6.07, 6.45) is -3.09. The number of hydrogen-bond acceptors (Lipinski definition) is 4. The number of halogens is 3. The van der Waals surface area contributed by atoms with Gasteiger partial charge in [-0.05, 0) is 43.2 Å². The molecule has 2 aromatic carbocycles. The second kappa shape index (κ2) is 10.8. The summed E-state index contributed by atoms with van der Waals surface area (Å²) in [6.45, 7) is 4.54. The van der Waals surface area contributed by atoms with Crippen molar-refractivity contribution in [2.24, 2.45) is 0 Å². The van der Waals surface area contributed by atoms with Crippen molar-refractivity contribution in [3.8, 4) is 29.0 Å². The molecule has 7 nitrogen and oxygen atoms in total. The summed E-state index contributed by atoms with van der Waals surface area (Å²) >= 11 is 0. The third-order valence-corrected chi connectivity index (χ3v) is 5.60. The van der Waals surface area contributed by atoms with Gasteiger partial charge in [-0.3, -0.25) is 13.9 Å². The van der Waals surface area contributed by atoms with Crippen molar-refractivity contribution in [3.63, 3.8) is 0 Å². The fourth-order valence-electron chi connectivity index (χ4n) is 3.91. The van der Waals surface area contributed by atoms with Gasteiger partial charge in [-0.25, -0.2) is 9.78 Å². The number of imidazole rings is 1. The van der Waals surface area contributed by atoms with E-state index < -0.39 is 17.3 Å². The molecule has 10 heteroatoms. The molecule has 4 rings (SSSR count). The Morgan fingerprint density at radius 2 is 1.73 bits per heavy atom. The number of aromatic amines is 1. The molecule has 2 aromatic heterocycles. The maximum atomic E-state index is 13.0. The quantitative estimate of drug-likeness (QED) is 0.362. The summed E-state index contributed by atoms with van der Waals surface area (Å²) in [5.41, 5.74) is -0.115. The Morgan fingerprint density at radius 1 is 1.00 bits per heavy atom. The van der Waals surface area contributed by atoms with E-state index in [-0.39, 0.29) is 23.4 Å². The van der Waals surface area contributed by atoms with Crippen LogP contribution < -0.4 is 16.0 Å². The van der Waals surface area contributed by atoms with Crippen LogP contribution in [0.2, 0.25) is 0 Å². The van der Waals surface area contributed by atoms with E-state index in [9.17, 15) is 22.8 Å². The van der Waals surface area contributed by atoms with Crippen LogP contribution in [0.4, 0.5) is 13.2 Å². The Balaban J connectivity index is 1.59. The van der Waals surface area contributed by atoms with Gasteiger partial charge in [0, 0.05) is 24.2 Å². The molecule has 192 valence electrons. The third kappa shape index (κ3) is 5.61. The molecule has 0 atom stereocenters. The highest BCUT2D eigenvalue weighted by atomic mass is 19.4. The molecule has 4 aromatic rings. The Hall–Kier alpha value is -4.26. The maximum absolute atomic E-state index is 13.0. The summed E-state index contributed by atoms with van der Waals surface area (Å²) in [4.78, 5) is 33.4. The predicted octanol–water partition coefficient (Wildman–Crippen LogP) is 4.82. The van der Waals surface area contributed by atoms with Crippen LogP contribution in [0.3, 0.4) is 0 Å². The summed E-state index contributed by atoms with van der Waals surface area (Å²) in [5.74, 6) is 6.26. The lowest BCUT2D eigenvalue weighted by Gasteiger charge is -2.09. The molecule has 0 bridgehead atoms. The zero-order valence-corrected chi connectivity index (χ0v) is 20.4.